The standard InChI is InChI=1S/C19H24N2O7.C14H14N2O6.Zn/c1-19(2,3)28-17(24)20-15(14(22)11-21-9-10-26-18(21)25)16(23)27-12-13-7-5-4-6-8-13;17-11(8-16-6-7-21-14(16)19)12(15-20)13(18)22-9-10-4-2-1-3-5-10;/h4-8,15H,9-12H2,1-3H3,(H,20,24);1-5,17H,6-9H2;. The molecule has 0 radical (unpaired) electrons. The number of hydrogen-bond acceptors (Lipinski definition) is 14. The Morgan fingerprint density at radius 3 is 1.78 bits per heavy atom. The molecule has 2 aromatic rings. The monoisotopic (exact) mass is 762 g/mol. The van der Waals surface area contributed by atoms with E-state index < -0.39 is 59.1 Å². The number of alkyl carbamates (subject to hydrolysis) is 1. The summed E-state index contributed by atoms with van der Waals surface area (Å²) < 4.78 is 24.6. The van der Waals surface area contributed by atoms with Crippen LogP contribution in [0.1, 0.15) is 31.9 Å². The molecule has 0 bridgehead atoms. The number of amides is 3. The Morgan fingerprint density at radius 1 is 0.843 bits per heavy atom. The van der Waals surface area contributed by atoms with Crippen LogP contribution in [0.5, 0.6) is 0 Å². The van der Waals surface area contributed by atoms with Crippen molar-refractivity contribution in [2.75, 3.05) is 39.4 Å². The SMILES string of the molecule is CC(C)(C)OC(=O)NC(C(=O)CN1CCOC1=O)C(=O)OCc1ccccc1.O=NC(C(=O)OCc1ccccc1)=C(O)CN1CCOC1=O.[Zn]. The summed E-state index contributed by atoms with van der Waals surface area (Å²) >= 11 is 0. The minimum absolute atomic E-state index is 0. The van der Waals surface area contributed by atoms with Crippen molar-refractivity contribution >= 4 is 36.0 Å². The van der Waals surface area contributed by atoms with E-state index in [1.165, 1.54) is 0 Å². The predicted molar refractivity (Wildman–Crippen MR) is 172 cm³/mol. The maximum Gasteiger partial charge on any atom is 0.410 e. The number of aliphatic hydroxyl groups excluding tert-OH is 1. The van der Waals surface area contributed by atoms with E-state index in [1.807, 2.05) is 12.1 Å². The third kappa shape index (κ3) is 14.2. The van der Waals surface area contributed by atoms with Crippen molar-refractivity contribution in [2.24, 2.45) is 5.18 Å². The molecule has 3 amide bonds. The molecule has 0 saturated carbocycles. The number of rotatable bonds is 13. The van der Waals surface area contributed by atoms with Gasteiger partial charge in [-0.3, -0.25) is 14.6 Å². The van der Waals surface area contributed by atoms with Gasteiger partial charge in [0.15, 0.2) is 11.8 Å². The van der Waals surface area contributed by atoms with Crippen molar-refractivity contribution in [2.45, 2.75) is 45.6 Å². The first-order valence-corrected chi connectivity index (χ1v) is 15.3. The largest absolute Gasteiger partial charge is 0.508 e. The molecule has 2 N–H and O–H groups in total. The first-order valence-electron chi connectivity index (χ1n) is 15.3. The van der Waals surface area contributed by atoms with Crippen molar-refractivity contribution in [1.29, 1.82) is 0 Å². The van der Waals surface area contributed by atoms with Crippen molar-refractivity contribution in [3.8, 4) is 0 Å². The van der Waals surface area contributed by atoms with Gasteiger partial charge in [0.1, 0.15) is 37.8 Å². The Hall–Kier alpha value is -5.38. The summed E-state index contributed by atoms with van der Waals surface area (Å²) in [6.45, 7) is 4.94. The number of nitrogens with zero attached hydrogens (tertiary/aromatic N) is 3. The van der Waals surface area contributed by atoms with Gasteiger partial charge in [0, 0.05) is 19.5 Å². The van der Waals surface area contributed by atoms with Crippen LogP contribution in [0.4, 0.5) is 14.4 Å². The average molecular weight is 764 g/mol. The zero-order valence-electron chi connectivity index (χ0n) is 28.4. The van der Waals surface area contributed by atoms with E-state index in [9.17, 15) is 38.8 Å². The normalized spacial score (nSPS) is 14.6. The van der Waals surface area contributed by atoms with Crippen LogP contribution < -0.4 is 5.32 Å². The number of carbonyl (C=O) groups excluding carboxylic acids is 6. The van der Waals surface area contributed by atoms with Gasteiger partial charge in [0.2, 0.25) is 5.70 Å². The van der Waals surface area contributed by atoms with Crippen molar-refractivity contribution in [1.82, 2.24) is 15.1 Å². The van der Waals surface area contributed by atoms with Crippen LogP contribution in [-0.4, -0.2) is 102 Å². The second kappa shape index (κ2) is 20.3. The molecule has 1 unspecified atom stereocenters. The smallest absolute Gasteiger partial charge is 0.410 e. The number of ketones is 1. The predicted octanol–water partition coefficient (Wildman–Crippen LogP) is 3.36. The Morgan fingerprint density at radius 2 is 1.33 bits per heavy atom. The molecule has 1 atom stereocenters. The molecule has 0 aromatic heterocycles. The van der Waals surface area contributed by atoms with Crippen LogP contribution in [-0.2, 0) is 70.8 Å². The van der Waals surface area contributed by atoms with Gasteiger partial charge in [0.25, 0.3) is 0 Å². The summed E-state index contributed by atoms with van der Waals surface area (Å²) in [6.07, 6.45) is -2.22. The fourth-order valence-electron chi connectivity index (χ4n) is 4.18. The summed E-state index contributed by atoms with van der Waals surface area (Å²) in [6, 6.07) is 16.1. The first-order chi connectivity index (χ1) is 23.8. The van der Waals surface area contributed by atoms with Gasteiger partial charge in [-0.05, 0) is 37.1 Å². The number of ether oxygens (including phenoxy) is 5. The van der Waals surface area contributed by atoms with Crippen molar-refractivity contribution in [3.63, 3.8) is 0 Å². The minimum atomic E-state index is -1.60. The van der Waals surface area contributed by atoms with Crippen LogP contribution in [0.2, 0.25) is 0 Å². The Labute approximate surface area is 305 Å². The van der Waals surface area contributed by atoms with Crippen LogP contribution in [0.3, 0.4) is 0 Å². The molecule has 18 heteroatoms. The molecule has 0 spiro atoms. The van der Waals surface area contributed by atoms with Gasteiger partial charge in [-0.15, -0.1) is 4.91 Å². The molecule has 51 heavy (non-hydrogen) atoms. The molecule has 4 rings (SSSR count). The van der Waals surface area contributed by atoms with Crippen LogP contribution in [0.25, 0.3) is 0 Å². The molecular formula is C33H38N4O13Zn. The van der Waals surface area contributed by atoms with Gasteiger partial charge in [-0.25, -0.2) is 24.0 Å². The van der Waals surface area contributed by atoms with Crippen molar-refractivity contribution in [3.05, 3.63) is 88.2 Å². The molecule has 2 fully saturated rings. The molecular weight excluding hydrogens is 726 g/mol. The number of hydrogen-bond donors (Lipinski definition) is 2. The second-order valence-electron chi connectivity index (χ2n) is 11.7. The number of Topliss-reactive ketones (excluding diaryl/α,β-unsaturated/α-hetero) is 1. The van der Waals surface area contributed by atoms with E-state index in [0.29, 0.717) is 0 Å². The van der Waals surface area contributed by atoms with Crippen LogP contribution in [0.15, 0.2) is 77.3 Å². The summed E-state index contributed by atoms with van der Waals surface area (Å²) in [5, 5.41) is 14.5. The maximum atomic E-state index is 12.6. The molecule has 2 aromatic carbocycles. The van der Waals surface area contributed by atoms with Crippen LogP contribution >= 0.6 is 0 Å². The number of esters is 2. The number of aliphatic hydroxyl groups is 1. The zero-order chi connectivity index (χ0) is 36.7. The van der Waals surface area contributed by atoms with Crippen LogP contribution in [0, 0.1) is 4.91 Å². The fourth-order valence-corrected chi connectivity index (χ4v) is 4.18. The van der Waals surface area contributed by atoms with Gasteiger partial charge >= 0.3 is 30.2 Å². The number of carbonyl (C=O) groups is 6. The number of cyclic esters (lactones) is 2. The van der Waals surface area contributed by atoms with Crippen molar-refractivity contribution < 1.29 is 77.0 Å². The Balaban J connectivity index is 0.000000356. The van der Waals surface area contributed by atoms with E-state index in [1.54, 1.807) is 69.3 Å². The molecule has 0 aliphatic carbocycles. The summed E-state index contributed by atoms with van der Waals surface area (Å²) in [7, 11) is 0. The van der Waals surface area contributed by atoms with E-state index in [0.717, 1.165) is 20.9 Å². The van der Waals surface area contributed by atoms with E-state index >= 15 is 0 Å². The summed E-state index contributed by atoms with van der Waals surface area (Å²) in [5.41, 5.74) is -0.119. The van der Waals surface area contributed by atoms with E-state index in [-0.39, 0.29) is 72.1 Å². The summed E-state index contributed by atoms with van der Waals surface area (Å²) in [4.78, 5) is 84.7. The number of nitrogens with one attached hydrogen (secondary N) is 1. The van der Waals surface area contributed by atoms with E-state index in [2.05, 4.69) is 15.2 Å². The van der Waals surface area contributed by atoms with Gasteiger partial charge in [0.05, 0.1) is 26.2 Å². The average Bonchev–Trinajstić information content (AvgIpc) is 3.68. The third-order valence-corrected chi connectivity index (χ3v) is 6.59. The van der Waals surface area contributed by atoms with Gasteiger partial charge in [-0.2, -0.15) is 0 Å². The number of benzene rings is 2. The molecule has 2 aliphatic rings. The zero-order valence-corrected chi connectivity index (χ0v) is 31.4. The van der Waals surface area contributed by atoms with Gasteiger partial charge in [-0.1, -0.05) is 60.7 Å². The van der Waals surface area contributed by atoms with Gasteiger partial charge < -0.3 is 34.1 Å². The summed E-state index contributed by atoms with van der Waals surface area (Å²) in [5.74, 6) is -3.33. The van der Waals surface area contributed by atoms with E-state index in [4.69, 9.17) is 18.9 Å². The molecule has 17 nitrogen and oxygen atoms in total. The number of nitroso groups, excluding NO2 is 1. The molecule has 270 valence electrons. The minimum Gasteiger partial charge on any atom is -0.508 e. The molecule has 2 heterocycles. The Bertz CT molecular complexity index is 1570. The molecule has 2 saturated heterocycles. The first kappa shape index (κ1) is 41.8. The Kier molecular flexibility index (Phi) is 16.7. The topological polar surface area (TPSA) is 217 Å². The fraction of sp³-hybridized carbons (Fsp3) is 0.394. The maximum absolute atomic E-state index is 12.6. The quantitative estimate of drug-likeness (QED) is 0.0570. The third-order valence-electron chi connectivity index (χ3n) is 6.59. The molecule has 2 aliphatic heterocycles. The second-order valence-corrected chi connectivity index (χ2v) is 11.7.